The third-order valence-corrected chi connectivity index (χ3v) is 4.31. The van der Waals surface area contributed by atoms with Crippen LogP contribution in [0.15, 0.2) is 36.4 Å². The average Bonchev–Trinajstić information content (AvgIpc) is 3.00. The van der Waals surface area contributed by atoms with Crippen LogP contribution in [0.4, 0.5) is 0 Å². The van der Waals surface area contributed by atoms with Gasteiger partial charge in [0.05, 0.1) is 16.5 Å². The molecule has 1 heterocycles. The molecule has 1 aromatic heterocycles. The molecule has 3 rings (SSSR count). The average molecular weight is 264 g/mol. The summed E-state index contributed by atoms with van der Waals surface area (Å²) in [7, 11) is 0. The van der Waals surface area contributed by atoms with Crippen LogP contribution in [0.25, 0.3) is 0 Å². The van der Waals surface area contributed by atoms with Crippen molar-refractivity contribution in [2.24, 2.45) is 5.73 Å². The molecule has 19 heavy (non-hydrogen) atoms. The van der Waals surface area contributed by atoms with Crippen LogP contribution >= 0.6 is 11.3 Å². The molecule has 1 aliphatic carbocycles. The maximum Gasteiger partial charge on any atom is 0.0991 e. The molecule has 0 radical (unpaired) electrons. The van der Waals surface area contributed by atoms with Crippen LogP contribution in [0.2, 0.25) is 0 Å². The maximum absolute atomic E-state index is 8.72. The number of nitrogens with zero attached hydrogens (tertiary/aromatic N) is 1. The van der Waals surface area contributed by atoms with Crippen molar-refractivity contribution >= 4 is 11.3 Å². The predicted octanol–water partition coefficient (Wildman–Crippen LogP) is 2.83. The SMILES string of the molecule is N#Cc1ccc(C#Cc2ccc(C3CC3N)s2)cc1. The van der Waals surface area contributed by atoms with Gasteiger partial charge in [0.25, 0.3) is 0 Å². The van der Waals surface area contributed by atoms with Crippen LogP contribution in [0.5, 0.6) is 0 Å². The molecular weight excluding hydrogens is 252 g/mol. The fraction of sp³-hybridized carbons (Fsp3) is 0.188. The lowest BCUT2D eigenvalue weighted by Crippen LogP contribution is -1.99. The van der Waals surface area contributed by atoms with Gasteiger partial charge in [-0.05, 0) is 42.8 Å². The number of nitrogens with two attached hydrogens (primary N) is 1. The van der Waals surface area contributed by atoms with Crippen molar-refractivity contribution in [1.82, 2.24) is 0 Å². The topological polar surface area (TPSA) is 49.8 Å². The van der Waals surface area contributed by atoms with Gasteiger partial charge >= 0.3 is 0 Å². The fourth-order valence-corrected chi connectivity index (χ4v) is 2.97. The molecular formula is C16H12N2S. The van der Waals surface area contributed by atoms with Crippen LogP contribution in [0.1, 0.15) is 33.2 Å². The quantitative estimate of drug-likeness (QED) is 0.805. The largest absolute Gasteiger partial charge is 0.327 e. The summed E-state index contributed by atoms with van der Waals surface area (Å²) in [6, 6.07) is 13.9. The van der Waals surface area contributed by atoms with Crippen LogP contribution in [-0.2, 0) is 0 Å². The summed E-state index contributed by atoms with van der Waals surface area (Å²) in [4.78, 5) is 2.41. The Kier molecular flexibility index (Phi) is 3.09. The smallest absolute Gasteiger partial charge is 0.0991 e. The van der Waals surface area contributed by atoms with E-state index >= 15 is 0 Å². The minimum atomic E-state index is 0.345. The molecule has 1 aromatic carbocycles. The predicted molar refractivity (Wildman–Crippen MR) is 76.8 cm³/mol. The van der Waals surface area contributed by atoms with Crippen molar-refractivity contribution < 1.29 is 0 Å². The third kappa shape index (κ3) is 2.69. The Morgan fingerprint density at radius 3 is 2.37 bits per heavy atom. The lowest BCUT2D eigenvalue weighted by molar-refractivity contribution is 1.01. The van der Waals surface area contributed by atoms with Gasteiger partial charge in [0, 0.05) is 22.4 Å². The zero-order valence-electron chi connectivity index (χ0n) is 10.3. The third-order valence-electron chi connectivity index (χ3n) is 3.18. The van der Waals surface area contributed by atoms with Crippen LogP contribution in [0.3, 0.4) is 0 Å². The lowest BCUT2D eigenvalue weighted by Gasteiger charge is -1.89. The Morgan fingerprint density at radius 1 is 1.05 bits per heavy atom. The molecule has 2 atom stereocenters. The van der Waals surface area contributed by atoms with Gasteiger partial charge in [-0.2, -0.15) is 5.26 Å². The van der Waals surface area contributed by atoms with Crippen molar-refractivity contribution in [3.05, 3.63) is 57.3 Å². The molecule has 0 amide bonds. The first kappa shape index (κ1) is 12.0. The Morgan fingerprint density at radius 2 is 1.74 bits per heavy atom. The Balaban J connectivity index is 1.75. The normalized spacial score (nSPS) is 20.2. The van der Waals surface area contributed by atoms with Crippen molar-refractivity contribution in [3.8, 4) is 17.9 Å². The number of hydrogen-bond donors (Lipinski definition) is 1. The van der Waals surface area contributed by atoms with Gasteiger partial charge in [0.15, 0.2) is 0 Å². The number of rotatable bonds is 1. The Bertz CT molecular complexity index is 695. The highest BCUT2D eigenvalue weighted by Gasteiger charge is 2.35. The minimum absolute atomic E-state index is 0.345. The molecule has 2 N–H and O–H groups in total. The highest BCUT2D eigenvalue weighted by Crippen LogP contribution is 2.42. The van der Waals surface area contributed by atoms with E-state index in [0.29, 0.717) is 17.5 Å². The van der Waals surface area contributed by atoms with Crippen molar-refractivity contribution in [1.29, 1.82) is 5.26 Å². The van der Waals surface area contributed by atoms with Gasteiger partial charge < -0.3 is 5.73 Å². The Labute approximate surface area is 116 Å². The van der Waals surface area contributed by atoms with Crippen molar-refractivity contribution in [3.63, 3.8) is 0 Å². The van der Waals surface area contributed by atoms with E-state index in [2.05, 4.69) is 30.0 Å². The molecule has 2 unspecified atom stereocenters. The van der Waals surface area contributed by atoms with E-state index in [4.69, 9.17) is 11.0 Å². The fourth-order valence-electron chi connectivity index (χ4n) is 1.92. The molecule has 3 heteroatoms. The molecule has 92 valence electrons. The standard InChI is InChI=1S/C16H12N2S/c17-10-12-3-1-11(2-4-12)5-6-13-7-8-16(19-13)14-9-15(14)18/h1-4,7-8,14-15H,9,18H2. The summed E-state index contributed by atoms with van der Waals surface area (Å²) in [5.74, 6) is 6.83. The number of benzene rings is 1. The van der Waals surface area contributed by atoms with Gasteiger partial charge in [-0.15, -0.1) is 11.3 Å². The molecule has 2 nitrogen and oxygen atoms in total. The van der Waals surface area contributed by atoms with Gasteiger partial charge in [0.2, 0.25) is 0 Å². The minimum Gasteiger partial charge on any atom is -0.327 e. The number of nitriles is 1. The van der Waals surface area contributed by atoms with Crippen LogP contribution in [0, 0.1) is 23.2 Å². The van der Waals surface area contributed by atoms with Gasteiger partial charge in [-0.3, -0.25) is 0 Å². The van der Waals surface area contributed by atoms with E-state index in [0.717, 1.165) is 16.9 Å². The van der Waals surface area contributed by atoms with Crippen molar-refractivity contribution in [2.75, 3.05) is 0 Å². The first-order valence-electron chi connectivity index (χ1n) is 6.14. The second kappa shape index (κ2) is 4.90. The zero-order chi connectivity index (χ0) is 13.2. The molecule has 1 saturated carbocycles. The summed E-state index contributed by atoms with van der Waals surface area (Å²) in [5, 5.41) is 8.72. The first-order valence-corrected chi connectivity index (χ1v) is 6.95. The summed E-state index contributed by atoms with van der Waals surface area (Å²) in [5.41, 5.74) is 7.43. The summed E-state index contributed by atoms with van der Waals surface area (Å²) in [6.07, 6.45) is 1.10. The second-order valence-corrected chi connectivity index (χ2v) is 5.76. The highest BCUT2D eigenvalue weighted by molar-refractivity contribution is 7.12. The monoisotopic (exact) mass is 264 g/mol. The van der Waals surface area contributed by atoms with Gasteiger partial charge in [0.1, 0.15) is 0 Å². The van der Waals surface area contributed by atoms with E-state index in [9.17, 15) is 0 Å². The van der Waals surface area contributed by atoms with E-state index in [1.54, 1.807) is 23.5 Å². The second-order valence-electron chi connectivity index (χ2n) is 4.65. The summed E-state index contributed by atoms with van der Waals surface area (Å²) in [6.45, 7) is 0. The maximum atomic E-state index is 8.72. The summed E-state index contributed by atoms with van der Waals surface area (Å²) >= 11 is 1.73. The molecule has 0 aliphatic heterocycles. The van der Waals surface area contributed by atoms with Crippen molar-refractivity contribution in [2.45, 2.75) is 18.4 Å². The zero-order valence-corrected chi connectivity index (χ0v) is 11.1. The summed E-state index contributed by atoms with van der Waals surface area (Å²) < 4.78 is 0. The molecule has 1 aliphatic rings. The van der Waals surface area contributed by atoms with Crippen LogP contribution < -0.4 is 5.73 Å². The molecule has 2 aromatic rings. The van der Waals surface area contributed by atoms with Crippen LogP contribution in [-0.4, -0.2) is 6.04 Å². The molecule has 1 fully saturated rings. The lowest BCUT2D eigenvalue weighted by atomic mass is 10.1. The van der Waals surface area contributed by atoms with E-state index in [1.807, 2.05) is 12.1 Å². The number of thiophene rings is 1. The van der Waals surface area contributed by atoms with E-state index < -0.39 is 0 Å². The van der Waals surface area contributed by atoms with E-state index in [-0.39, 0.29) is 0 Å². The molecule has 0 spiro atoms. The van der Waals surface area contributed by atoms with E-state index in [1.165, 1.54) is 4.88 Å². The molecule has 0 saturated heterocycles. The highest BCUT2D eigenvalue weighted by atomic mass is 32.1. The number of hydrogen-bond acceptors (Lipinski definition) is 3. The van der Waals surface area contributed by atoms with Gasteiger partial charge in [-0.25, -0.2) is 0 Å². The molecule has 0 bridgehead atoms. The Hall–Kier alpha value is -2.07. The van der Waals surface area contributed by atoms with Gasteiger partial charge in [-0.1, -0.05) is 11.8 Å². The first-order chi connectivity index (χ1) is 9.26.